The van der Waals surface area contributed by atoms with Crippen LogP contribution in [0, 0.1) is 0 Å². The van der Waals surface area contributed by atoms with E-state index >= 15 is 0 Å². The molecule has 2 heterocycles. The molecule has 150 valence electrons. The van der Waals surface area contributed by atoms with E-state index in [0.717, 1.165) is 17.0 Å². The number of aromatic nitrogens is 2. The molecule has 0 bridgehead atoms. The summed E-state index contributed by atoms with van der Waals surface area (Å²) >= 11 is 0. The van der Waals surface area contributed by atoms with Crippen LogP contribution < -0.4 is 14.8 Å². The van der Waals surface area contributed by atoms with E-state index in [1.54, 1.807) is 44.5 Å². The van der Waals surface area contributed by atoms with Gasteiger partial charge in [0.2, 0.25) is 0 Å². The summed E-state index contributed by atoms with van der Waals surface area (Å²) in [5, 5.41) is 2.69. The predicted octanol–water partition coefficient (Wildman–Crippen LogP) is 1.65. The molecule has 1 aliphatic rings. The number of methoxy groups -OCH3 is 3. The van der Waals surface area contributed by atoms with Crippen LogP contribution in [0.25, 0.3) is 0 Å². The van der Waals surface area contributed by atoms with E-state index in [9.17, 15) is 9.59 Å². The van der Waals surface area contributed by atoms with Gasteiger partial charge in [0.15, 0.2) is 0 Å². The number of carbonyl (C=O) groups is 2. The van der Waals surface area contributed by atoms with Gasteiger partial charge in [-0.15, -0.1) is 0 Å². The molecule has 0 radical (unpaired) electrons. The van der Waals surface area contributed by atoms with Crippen molar-refractivity contribution < 1.29 is 23.8 Å². The van der Waals surface area contributed by atoms with Gasteiger partial charge in [0.1, 0.15) is 23.6 Å². The molecule has 0 saturated carbocycles. The van der Waals surface area contributed by atoms with Gasteiger partial charge in [-0.2, -0.15) is 0 Å². The van der Waals surface area contributed by atoms with E-state index in [-0.39, 0.29) is 6.03 Å². The first-order valence-electron chi connectivity index (χ1n) is 8.89. The second-order valence-corrected chi connectivity index (χ2v) is 6.41. The Balaban J connectivity index is 2.02. The van der Waals surface area contributed by atoms with Gasteiger partial charge < -0.3 is 29.4 Å². The number of hydrogen-bond donors (Lipinski definition) is 2. The first kappa shape index (κ1) is 19.5. The summed E-state index contributed by atoms with van der Waals surface area (Å²) in [6.07, 6.45) is 2.24. The van der Waals surface area contributed by atoms with Crippen LogP contribution in [0.15, 0.2) is 24.5 Å². The number of aromatic amines is 1. The molecule has 2 amide bonds. The normalized spacial score (nSPS) is 16.7. The van der Waals surface area contributed by atoms with Crippen LogP contribution in [-0.4, -0.2) is 60.8 Å². The van der Waals surface area contributed by atoms with Gasteiger partial charge >= 0.3 is 12.0 Å². The fraction of sp³-hybridized carbons (Fsp3) is 0.421. The van der Waals surface area contributed by atoms with E-state index in [1.807, 2.05) is 6.07 Å². The Morgan fingerprint density at radius 3 is 2.75 bits per heavy atom. The number of urea groups is 1. The second-order valence-electron chi connectivity index (χ2n) is 6.41. The standard InChI is InChI=1S/C19H24N4O5/c1-11(18(24)28-4)22-19(25)23-8-7-14-16(21-10-20-14)17(23)13-9-12(26-2)5-6-15(13)27-3/h5-6,9-11,17H,7-8H2,1-4H3,(H,20,21)(H,22,25)/t11-,17+/m0/s1. The van der Waals surface area contributed by atoms with Crippen molar-refractivity contribution in [2.75, 3.05) is 27.9 Å². The van der Waals surface area contributed by atoms with Crippen molar-refractivity contribution in [2.24, 2.45) is 0 Å². The molecule has 2 N–H and O–H groups in total. The summed E-state index contributed by atoms with van der Waals surface area (Å²) in [6, 6.07) is 3.76. The Morgan fingerprint density at radius 1 is 1.29 bits per heavy atom. The van der Waals surface area contributed by atoms with Crippen LogP contribution in [0.4, 0.5) is 4.79 Å². The summed E-state index contributed by atoms with van der Waals surface area (Å²) in [5.74, 6) is 0.739. The molecule has 0 fully saturated rings. The highest BCUT2D eigenvalue weighted by atomic mass is 16.5. The summed E-state index contributed by atoms with van der Waals surface area (Å²) < 4.78 is 15.6. The lowest BCUT2D eigenvalue weighted by Gasteiger charge is -2.36. The van der Waals surface area contributed by atoms with Gasteiger partial charge in [-0.1, -0.05) is 0 Å². The van der Waals surface area contributed by atoms with Crippen LogP contribution in [0.5, 0.6) is 11.5 Å². The lowest BCUT2D eigenvalue weighted by Crippen LogP contribution is -2.50. The van der Waals surface area contributed by atoms with Crippen molar-refractivity contribution in [1.29, 1.82) is 0 Å². The third-order valence-corrected chi connectivity index (χ3v) is 4.81. The largest absolute Gasteiger partial charge is 0.497 e. The van der Waals surface area contributed by atoms with Crippen LogP contribution in [0.1, 0.15) is 29.9 Å². The molecule has 1 aromatic heterocycles. The van der Waals surface area contributed by atoms with Crippen LogP contribution in [0.3, 0.4) is 0 Å². The van der Waals surface area contributed by atoms with Gasteiger partial charge in [0.05, 0.1) is 33.4 Å². The molecule has 1 aliphatic heterocycles. The van der Waals surface area contributed by atoms with E-state index < -0.39 is 18.1 Å². The zero-order chi connectivity index (χ0) is 20.3. The van der Waals surface area contributed by atoms with Gasteiger partial charge in [-0.3, -0.25) is 0 Å². The highest BCUT2D eigenvalue weighted by Gasteiger charge is 2.37. The van der Waals surface area contributed by atoms with Crippen LogP contribution >= 0.6 is 0 Å². The maximum atomic E-state index is 13.0. The number of ether oxygens (including phenoxy) is 3. The molecular weight excluding hydrogens is 364 g/mol. The minimum Gasteiger partial charge on any atom is -0.497 e. The smallest absolute Gasteiger partial charge is 0.328 e. The summed E-state index contributed by atoms with van der Waals surface area (Å²) in [5.41, 5.74) is 2.44. The maximum absolute atomic E-state index is 13.0. The molecule has 28 heavy (non-hydrogen) atoms. The fourth-order valence-corrected chi connectivity index (χ4v) is 3.37. The minimum absolute atomic E-state index is 0.388. The molecule has 2 atom stereocenters. The molecule has 0 spiro atoms. The fourth-order valence-electron chi connectivity index (χ4n) is 3.37. The van der Waals surface area contributed by atoms with E-state index in [0.29, 0.717) is 24.5 Å². The first-order valence-corrected chi connectivity index (χ1v) is 8.89. The predicted molar refractivity (Wildman–Crippen MR) is 100 cm³/mol. The number of imidazole rings is 1. The number of esters is 1. The monoisotopic (exact) mass is 388 g/mol. The molecule has 0 saturated heterocycles. The van der Waals surface area contributed by atoms with Crippen molar-refractivity contribution in [2.45, 2.75) is 25.4 Å². The highest BCUT2D eigenvalue weighted by Crippen LogP contribution is 2.39. The number of fused-ring (bicyclic) bond motifs is 1. The van der Waals surface area contributed by atoms with E-state index in [1.165, 1.54) is 7.11 Å². The van der Waals surface area contributed by atoms with Crippen molar-refractivity contribution in [1.82, 2.24) is 20.2 Å². The Morgan fingerprint density at radius 2 is 2.07 bits per heavy atom. The van der Waals surface area contributed by atoms with Crippen LogP contribution in [-0.2, 0) is 16.0 Å². The summed E-state index contributed by atoms with van der Waals surface area (Å²) in [7, 11) is 4.43. The molecule has 0 unspecified atom stereocenters. The number of benzene rings is 1. The SMILES string of the molecule is COC(=O)[C@H](C)NC(=O)N1CCc2[nH]cnc2[C@H]1c1cc(OC)ccc1OC. The number of hydrogen-bond acceptors (Lipinski definition) is 6. The van der Waals surface area contributed by atoms with Gasteiger partial charge in [-0.25, -0.2) is 14.6 Å². The zero-order valence-corrected chi connectivity index (χ0v) is 16.3. The zero-order valence-electron chi connectivity index (χ0n) is 16.3. The number of H-pyrrole nitrogens is 1. The number of rotatable bonds is 5. The van der Waals surface area contributed by atoms with Crippen molar-refractivity contribution in [3.8, 4) is 11.5 Å². The minimum atomic E-state index is -0.772. The van der Waals surface area contributed by atoms with E-state index in [2.05, 4.69) is 15.3 Å². The van der Waals surface area contributed by atoms with E-state index in [4.69, 9.17) is 14.2 Å². The summed E-state index contributed by atoms with van der Waals surface area (Å²) in [6.45, 7) is 2.02. The molecular formula is C19H24N4O5. The average Bonchev–Trinajstić information content (AvgIpc) is 3.20. The van der Waals surface area contributed by atoms with Gasteiger partial charge in [0, 0.05) is 24.2 Å². The van der Waals surface area contributed by atoms with Crippen molar-refractivity contribution in [3.05, 3.63) is 41.5 Å². The topological polar surface area (TPSA) is 106 Å². The Kier molecular flexibility index (Phi) is 5.72. The quantitative estimate of drug-likeness (QED) is 0.755. The Bertz CT molecular complexity index is 866. The number of nitrogens with zero attached hydrogens (tertiary/aromatic N) is 2. The van der Waals surface area contributed by atoms with Crippen LogP contribution in [0.2, 0.25) is 0 Å². The highest BCUT2D eigenvalue weighted by molar-refractivity contribution is 5.84. The first-order chi connectivity index (χ1) is 13.5. The third-order valence-electron chi connectivity index (χ3n) is 4.81. The number of carbonyl (C=O) groups excluding carboxylic acids is 2. The second kappa shape index (κ2) is 8.20. The summed E-state index contributed by atoms with van der Waals surface area (Å²) in [4.78, 5) is 33.9. The maximum Gasteiger partial charge on any atom is 0.328 e. The molecule has 9 nitrogen and oxygen atoms in total. The van der Waals surface area contributed by atoms with Crippen molar-refractivity contribution >= 4 is 12.0 Å². The van der Waals surface area contributed by atoms with Crippen molar-refractivity contribution in [3.63, 3.8) is 0 Å². The number of nitrogens with one attached hydrogen (secondary N) is 2. The van der Waals surface area contributed by atoms with Gasteiger partial charge in [-0.05, 0) is 25.1 Å². The average molecular weight is 388 g/mol. The molecule has 0 aliphatic carbocycles. The van der Waals surface area contributed by atoms with Gasteiger partial charge in [0.25, 0.3) is 0 Å². The molecule has 9 heteroatoms. The Labute approximate surface area is 163 Å². The number of amides is 2. The lowest BCUT2D eigenvalue weighted by atomic mass is 9.95. The third kappa shape index (κ3) is 3.60. The Hall–Kier alpha value is -3.23. The molecule has 2 aromatic rings. The molecule has 1 aromatic carbocycles. The molecule has 3 rings (SSSR count). The lowest BCUT2D eigenvalue weighted by molar-refractivity contribution is -0.142.